The van der Waals surface area contributed by atoms with Crippen LogP contribution in [0.2, 0.25) is 0 Å². The number of carbonyl (C=O) groups excluding carboxylic acids is 2. The Labute approximate surface area is 188 Å². The number of imidazole rings is 1. The summed E-state index contributed by atoms with van der Waals surface area (Å²) in [6.45, 7) is 9.18. The van der Waals surface area contributed by atoms with Crippen LogP contribution >= 0.6 is 0 Å². The molecule has 0 aliphatic rings. The second-order valence-corrected chi connectivity index (χ2v) is 9.06. The first-order chi connectivity index (χ1) is 15.0. The van der Waals surface area contributed by atoms with E-state index in [4.69, 9.17) is 4.74 Å². The number of rotatable bonds is 9. The van der Waals surface area contributed by atoms with E-state index in [0.717, 1.165) is 21.4 Å². The van der Waals surface area contributed by atoms with Crippen molar-refractivity contribution >= 4 is 18.0 Å². The van der Waals surface area contributed by atoms with Gasteiger partial charge in [0.15, 0.2) is 6.04 Å². The Balaban J connectivity index is 2.45. The summed E-state index contributed by atoms with van der Waals surface area (Å²) in [7, 11) is 0. The van der Waals surface area contributed by atoms with Crippen molar-refractivity contribution in [1.29, 1.82) is 0 Å². The van der Waals surface area contributed by atoms with E-state index in [0.29, 0.717) is 6.42 Å². The lowest BCUT2D eigenvalue weighted by molar-refractivity contribution is -0.158. The number of ether oxygens (including phenoxy) is 1. The molecule has 32 heavy (non-hydrogen) atoms. The number of carbonyl (C=O) groups is 2. The number of H-pyrrole nitrogens is 1. The van der Waals surface area contributed by atoms with Gasteiger partial charge >= 0.3 is 11.7 Å². The van der Waals surface area contributed by atoms with Gasteiger partial charge in [-0.15, -0.1) is 0 Å². The molecule has 2 aromatic rings. The minimum atomic E-state index is -1.10. The first kappa shape index (κ1) is 25.0. The van der Waals surface area contributed by atoms with Crippen molar-refractivity contribution in [1.82, 2.24) is 9.66 Å². The maximum absolute atomic E-state index is 13.2. The Kier molecular flexibility index (Phi) is 8.46. The number of aromatic amines is 1. The highest BCUT2D eigenvalue weighted by molar-refractivity contribution is 5.93. The first-order valence-corrected chi connectivity index (χ1v) is 10.8. The van der Waals surface area contributed by atoms with Crippen molar-refractivity contribution in [3.63, 3.8) is 0 Å². The van der Waals surface area contributed by atoms with E-state index < -0.39 is 35.1 Å². The summed E-state index contributed by atoms with van der Waals surface area (Å²) < 4.78 is 6.52. The molecule has 0 bridgehead atoms. The lowest BCUT2D eigenvalue weighted by Crippen LogP contribution is -2.56. The molecule has 0 saturated carbocycles. The summed E-state index contributed by atoms with van der Waals surface area (Å²) in [6, 6.07) is 8.44. The topological polar surface area (TPSA) is 105 Å². The highest BCUT2D eigenvalue weighted by Gasteiger charge is 2.35. The first-order valence-electron chi connectivity index (χ1n) is 10.8. The van der Waals surface area contributed by atoms with Gasteiger partial charge in [-0.3, -0.25) is 9.78 Å². The van der Waals surface area contributed by atoms with E-state index in [1.54, 1.807) is 26.8 Å². The van der Waals surface area contributed by atoms with Gasteiger partial charge in [-0.25, -0.2) is 19.3 Å². The maximum Gasteiger partial charge on any atom is 0.347 e. The van der Waals surface area contributed by atoms with Crippen LogP contribution < -0.4 is 10.7 Å². The number of esters is 1. The van der Waals surface area contributed by atoms with E-state index in [-0.39, 0.29) is 18.8 Å². The van der Waals surface area contributed by atoms with Gasteiger partial charge in [-0.1, -0.05) is 56.3 Å². The second kappa shape index (κ2) is 10.8. The molecule has 0 fully saturated rings. The van der Waals surface area contributed by atoms with Crippen molar-refractivity contribution in [2.45, 2.75) is 65.5 Å². The fourth-order valence-electron chi connectivity index (χ4n) is 3.07. The largest absolute Gasteiger partial charge is 0.493 e. The van der Waals surface area contributed by atoms with Gasteiger partial charge in [0.25, 0.3) is 0 Å². The summed E-state index contributed by atoms with van der Waals surface area (Å²) in [6.07, 6.45) is 5.54. The Morgan fingerprint density at radius 1 is 1.22 bits per heavy atom. The highest BCUT2D eigenvalue weighted by Crippen LogP contribution is 2.17. The van der Waals surface area contributed by atoms with Crippen LogP contribution in [0.3, 0.4) is 0 Å². The molecule has 1 aromatic heterocycles. The third-order valence-electron chi connectivity index (χ3n) is 4.55. The van der Waals surface area contributed by atoms with Crippen LogP contribution in [0.15, 0.2) is 47.4 Å². The summed E-state index contributed by atoms with van der Waals surface area (Å²) >= 11 is 0. The standard InChI is InChI=1S/C24H33N3O5/c1-17(2)14-15-21(29)27(26-16-20(28)25-23(26)31)19(22(30)32-24(3,4)5)13-9-12-18-10-7-6-8-11-18/h6-12,16-17,19,28H,13-15H2,1-5H3,(H,25,31)/t19-/m0/s1. The molecule has 1 aromatic carbocycles. The quantitative estimate of drug-likeness (QED) is 0.576. The fraction of sp³-hybridized carbons (Fsp3) is 0.458. The predicted molar refractivity (Wildman–Crippen MR) is 124 cm³/mol. The number of aromatic nitrogens is 2. The summed E-state index contributed by atoms with van der Waals surface area (Å²) in [5.74, 6) is -1.20. The van der Waals surface area contributed by atoms with Crippen LogP contribution in [-0.2, 0) is 14.3 Å². The summed E-state index contributed by atoms with van der Waals surface area (Å²) in [5.41, 5.74) is -0.568. The molecule has 2 rings (SSSR count). The normalized spacial score (nSPS) is 12.8. The van der Waals surface area contributed by atoms with E-state index >= 15 is 0 Å². The van der Waals surface area contributed by atoms with Crippen molar-refractivity contribution < 1.29 is 19.4 Å². The molecule has 0 radical (unpaired) electrons. The Hall–Kier alpha value is -3.29. The summed E-state index contributed by atoms with van der Waals surface area (Å²) in [5, 5.41) is 10.9. The number of hydrogen-bond acceptors (Lipinski definition) is 5. The van der Waals surface area contributed by atoms with E-state index in [1.165, 1.54) is 0 Å². The molecular weight excluding hydrogens is 410 g/mol. The van der Waals surface area contributed by atoms with Crippen molar-refractivity contribution in [3.8, 4) is 5.88 Å². The van der Waals surface area contributed by atoms with E-state index in [2.05, 4.69) is 4.98 Å². The lowest BCUT2D eigenvalue weighted by atomic mass is 10.1. The van der Waals surface area contributed by atoms with Gasteiger partial charge in [0.1, 0.15) is 5.60 Å². The molecule has 0 aliphatic heterocycles. The molecule has 0 spiro atoms. The Morgan fingerprint density at radius 2 is 1.88 bits per heavy atom. The van der Waals surface area contributed by atoms with Crippen molar-refractivity contribution in [2.24, 2.45) is 5.92 Å². The van der Waals surface area contributed by atoms with Crippen molar-refractivity contribution in [2.75, 3.05) is 5.01 Å². The van der Waals surface area contributed by atoms with Gasteiger partial charge in [0.05, 0.1) is 6.20 Å². The molecule has 1 atom stereocenters. The molecule has 8 heteroatoms. The highest BCUT2D eigenvalue weighted by atomic mass is 16.6. The van der Waals surface area contributed by atoms with Crippen LogP contribution in [0.4, 0.5) is 0 Å². The van der Waals surface area contributed by atoms with Crippen molar-refractivity contribution in [3.05, 3.63) is 58.7 Å². The zero-order valence-corrected chi connectivity index (χ0v) is 19.4. The predicted octanol–water partition coefficient (Wildman–Crippen LogP) is 3.60. The minimum Gasteiger partial charge on any atom is -0.493 e. The van der Waals surface area contributed by atoms with Crippen LogP contribution in [0, 0.1) is 5.92 Å². The molecule has 2 N–H and O–H groups in total. The number of nitrogens with one attached hydrogen (secondary N) is 1. The zero-order chi connectivity index (χ0) is 23.9. The average Bonchev–Trinajstić information content (AvgIpc) is 3.02. The third-order valence-corrected chi connectivity index (χ3v) is 4.55. The van der Waals surface area contributed by atoms with E-state index in [9.17, 15) is 19.5 Å². The molecule has 174 valence electrons. The molecule has 0 aliphatic carbocycles. The number of nitrogens with zero attached hydrogens (tertiary/aromatic N) is 2. The third kappa shape index (κ3) is 7.44. The Bertz CT molecular complexity index is 983. The van der Waals surface area contributed by atoms with Crippen LogP contribution in [0.1, 0.15) is 59.4 Å². The number of benzene rings is 1. The smallest absolute Gasteiger partial charge is 0.347 e. The average molecular weight is 444 g/mol. The van der Waals surface area contributed by atoms with Gasteiger partial charge in [0.2, 0.25) is 11.8 Å². The lowest BCUT2D eigenvalue weighted by Gasteiger charge is -2.32. The molecule has 1 heterocycles. The maximum atomic E-state index is 13.2. The minimum absolute atomic E-state index is 0.121. The van der Waals surface area contributed by atoms with Gasteiger partial charge < -0.3 is 9.84 Å². The van der Waals surface area contributed by atoms with Crippen LogP contribution in [-0.4, -0.2) is 38.3 Å². The fourth-order valence-corrected chi connectivity index (χ4v) is 3.07. The Morgan fingerprint density at radius 3 is 2.41 bits per heavy atom. The molecular formula is C24H33N3O5. The molecule has 1 amide bonds. The molecule has 0 unspecified atom stereocenters. The number of amides is 1. The second-order valence-electron chi connectivity index (χ2n) is 9.06. The van der Waals surface area contributed by atoms with Crippen LogP contribution in [0.5, 0.6) is 5.88 Å². The number of hydrogen-bond donors (Lipinski definition) is 2. The zero-order valence-electron chi connectivity index (χ0n) is 19.4. The van der Waals surface area contributed by atoms with E-state index in [1.807, 2.05) is 50.3 Å². The SMILES string of the molecule is CC(C)CCC(=O)N([C@@H](CC=Cc1ccccc1)C(=O)OC(C)(C)C)n1cc(O)[nH]c1=O. The van der Waals surface area contributed by atoms with Gasteiger partial charge in [-0.2, -0.15) is 0 Å². The monoisotopic (exact) mass is 443 g/mol. The number of aromatic hydroxyl groups is 1. The van der Waals surface area contributed by atoms with Crippen LogP contribution in [0.25, 0.3) is 6.08 Å². The van der Waals surface area contributed by atoms with Gasteiger partial charge in [-0.05, 0) is 45.1 Å². The molecule has 8 nitrogen and oxygen atoms in total. The summed E-state index contributed by atoms with van der Waals surface area (Å²) in [4.78, 5) is 41.0. The van der Waals surface area contributed by atoms with Gasteiger partial charge in [0, 0.05) is 6.42 Å². The molecule has 0 saturated heterocycles.